The van der Waals surface area contributed by atoms with Gasteiger partial charge in [0.15, 0.2) is 0 Å². The number of aromatic nitrogens is 3. The average Bonchev–Trinajstić information content (AvgIpc) is 3.28. The Kier molecular flexibility index (Phi) is 6.08. The Labute approximate surface area is 190 Å². The van der Waals surface area contributed by atoms with Crippen LogP contribution in [0.25, 0.3) is 11.4 Å². The van der Waals surface area contributed by atoms with Crippen molar-refractivity contribution in [2.75, 3.05) is 49.1 Å². The molecule has 2 aromatic heterocycles. The fraction of sp³-hybridized carbons (Fsp3) is 0.480. The van der Waals surface area contributed by atoms with Crippen LogP contribution in [0.15, 0.2) is 47.1 Å². The summed E-state index contributed by atoms with van der Waals surface area (Å²) in [5.74, 6) is 3.04. The third-order valence-electron chi connectivity index (χ3n) is 6.55. The molecule has 2 aliphatic heterocycles. The number of aryl methyl sites for hydroxylation is 1. The molecule has 32 heavy (non-hydrogen) atoms. The van der Waals surface area contributed by atoms with E-state index in [4.69, 9.17) is 4.52 Å². The first-order chi connectivity index (χ1) is 15.6. The lowest BCUT2D eigenvalue weighted by Crippen LogP contribution is -2.46. The molecule has 168 valence electrons. The maximum atomic E-state index is 5.56. The van der Waals surface area contributed by atoms with Crippen molar-refractivity contribution in [2.24, 2.45) is 5.92 Å². The quantitative estimate of drug-likeness (QED) is 0.604. The molecule has 0 bridgehead atoms. The van der Waals surface area contributed by atoms with Crippen LogP contribution in [0.3, 0.4) is 0 Å². The molecule has 1 aromatic carbocycles. The highest BCUT2D eigenvalue weighted by atomic mass is 16.5. The zero-order valence-corrected chi connectivity index (χ0v) is 19.1. The molecule has 1 atom stereocenters. The number of hydrogen-bond acceptors (Lipinski definition) is 7. The summed E-state index contributed by atoms with van der Waals surface area (Å²) < 4.78 is 5.56. The Morgan fingerprint density at radius 3 is 2.66 bits per heavy atom. The minimum atomic E-state index is 0.615. The molecule has 0 aliphatic carbocycles. The highest BCUT2D eigenvalue weighted by molar-refractivity contribution is 5.56. The van der Waals surface area contributed by atoms with Gasteiger partial charge in [0.2, 0.25) is 11.7 Å². The molecule has 4 heterocycles. The topological polar surface area (TPSA) is 61.5 Å². The molecule has 0 spiro atoms. The molecule has 3 aromatic rings. The van der Waals surface area contributed by atoms with E-state index in [9.17, 15) is 0 Å². The van der Waals surface area contributed by atoms with Gasteiger partial charge in [-0.3, -0.25) is 4.90 Å². The minimum absolute atomic E-state index is 0.615. The van der Waals surface area contributed by atoms with Crippen LogP contribution >= 0.6 is 0 Å². The fourth-order valence-electron chi connectivity index (χ4n) is 4.72. The van der Waals surface area contributed by atoms with E-state index in [1.54, 1.807) is 0 Å². The third-order valence-corrected chi connectivity index (χ3v) is 6.55. The molecule has 0 radical (unpaired) electrons. The van der Waals surface area contributed by atoms with Crippen LogP contribution in [0.5, 0.6) is 0 Å². The summed E-state index contributed by atoms with van der Waals surface area (Å²) in [4.78, 5) is 16.5. The van der Waals surface area contributed by atoms with E-state index >= 15 is 0 Å². The second-order valence-electron chi connectivity index (χ2n) is 9.21. The third kappa shape index (κ3) is 4.78. The normalized spacial score (nSPS) is 20.0. The number of nitrogens with zero attached hydrogens (tertiary/aromatic N) is 6. The second-order valence-corrected chi connectivity index (χ2v) is 9.21. The molecule has 7 nitrogen and oxygen atoms in total. The first kappa shape index (κ1) is 20.9. The predicted octanol–water partition coefficient (Wildman–Crippen LogP) is 4.00. The van der Waals surface area contributed by atoms with Gasteiger partial charge >= 0.3 is 0 Å². The van der Waals surface area contributed by atoms with E-state index in [1.165, 1.54) is 24.1 Å². The van der Waals surface area contributed by atoms with Gasteiger partial charge in [0, 0.05) is 56.7 Å². The fourth-order valence-corrected chi connectivity index (χ4v) is 4.72. The monoisotopic (exact) mass is 432 g/mol. The van der Waals surface area contributed by atoms with Crippen molar-refractivity contribution in [2.45, 2.75) is 33.2 Å². The van der Waals surface area contributed by atoms with Gasteiger partial charge in [-0.15, -0.1) is 0 Å². The molecule has 0 N–H and O–H groups in total. The Morgan fingerprint density at radius 1 is 1.03 bits per heavy atom. The van der Waals surface area contributed by atoms with Crippen molar-refractivity contribution in [3.8, 4) is 11.4 Å². The molecule has 7 heteroatoms. The van der Waals surface area contributed by atoms with E-state index in [0.29, 0.717) is 18.3 Å². The van der Waals surface area contributed by atoms with Crippen LogP contribution in [0, 0.1) is 12.8 Å². The zero-order chi connectivity index (χ0) is 21.9. The first-order valence-electron chi connectivity index (χ1n) is 11.7. The largest absolute Gasteiger partial charge is 0.369 e. The summed E-state index contributed by atoms with van der Waals surface area (Å²) in [6, 6.07) is 12.9. The van der Waals surface area contributed by atoms with Gasteiger partial charge in [-0.2, -0.15) is 4.98 Å². The summed E-state index contributed by atoms with van der Waals surface area (Å²) in [7, 11) is 0. The minimum Gasteiger partial charge on any atom is -0.369 e. The standard InChI is InChI=1S/C25H32N6O/c1-19-5-3-7-22(15-19)30-13-11-29(12-14-30)18-24-27-25(28-32-24)21-8-9-23(26-16-21)31-10-4-6-20(2)17-31/h3,5,7-9,15-16,20H,4,6,10-14,17-18H2,1-2H3/t20-/m1/s1. The van der Waals surface area contributed by atoms with Crippen molar-refractivity contribution in [1.82, 2.24) is 20.0 Å². The molecule has 2 saturated heterocycles. The summed E-state index contributed by atoms with van der Waals surface area (Å²) in [6.07, 6.45) is 4.41. The van der Waals surface area contributed by atoms with E-state index in [2.05, 4.69) is 80.1 Å². The van der Waals surface area contributed by atoms with Gasteiger partial charge in [0.25, 0.3) is 0 Å². The maximum absolute atomic E-state index is 5.56. The summed E-state index contributed by atoms with van der Waals surface area (Å²) in [5, 5.41) is 4.20. The van der Waals surface area contributed by atoms with Gasteiger partial charge in [0.05, 0.1) is 6.54 Å². The molecule has 2 fully saturated rings. The van der Waals surface area contributed by atoms with Crippen LogP contribution in [-0.2, 0) is 6.54 Å². The van der Waals surface area contributed by atoms with Crippen molar-refractivity contribution < 1.29 is 4.52 Å². The molecular formula is C25H32N6O. The Morgan fingerprint density at radius 2 is 1.91 bits per heavy atom. The van der Waals surface area contributed by atoms with E-state index in [0.717, 1.165) is 56.6 Å². The summed E-state index contributed by atoms with van der Waals surface area (Å²) in [6.45, 7) is 11.3. The number of piperidine rings is 1. The van der Waals surface area contributed by atoms with E-state index in [-0.39, 0.29) is 0 Å². The van der Waals surface area contributed by atoms with Gasteiger partial charge in [-0.25, -0.2) is 4.98 Å². The van der Waals surface area contributed by atoms with Crippen molar-refractivity contribution in [3.05, 3.63) is 54.0 Å². The van der Waals surface area contributed by atoms with Crippen molar-refractivity contribution in [3.63, 3.8) is 0 Å². The highest BCUT2D eigenvalue weighted by Gasteiger charge is 2.21. The van der Waals surface area contributed by atoms with Crippen molar-refractivity contribution in [1.29, 1.82) is 0 Å². The number of rotatable bonds is 5. The number of pyridine rings is 1. The maximum Gasteiger partial charge on any atom is 0.241 e. The van der Waals surface area contributed by atoms with E-state index < -0.39 is 0 Å². The predicted molar refractivity (Wildman–Crippen MR) is 127 cm³/mol. The van der Waals surface area contributed by atoms with Crippen LogP contribution in [0.2, 0.25) is 0 Å². The van der Waals surface area contributed by atoms with Crippen LogP contribution in [0.4, 0.5) is 11.5 Å². The number of anilines is 2. The molecular weight excluding hydrogens is 400 g/mol. The van der Waals surface area contributed by atoms with Crippen LogP contribution in [-0.4, -0.2) is 59.3 Å². The second kappa shape index (κ2) is 9.28. The lowest BCUT2D eigenvalue weighted by molar-refractivity contribution is 0.215. The number of hydrogen-bond donors (Lipinski definition) is 0. The lowest BCUT2D eigenvalue weighted by Gasteiger charge is -2.35. The van der Waals surface area contributed by atoms with Gasteiger partial charge in [-0.05, 0) is 55.5 Å². The van der Waals surface area contributed by atoms with Gasteiger partial charge in [-0.1, -0.05) is 24.2 Å². The summed E-state index contributed by atoms with van der Waals surface area (Å²) in [5.41, 5.74) is 3.51. The number of benzene rings is 1. The Bertz CT molecular complexity index is 1020. The number of piperazine rings is 1. The summed E-state index contributed by atoms with van der Waals surface area (Å²) >= 11 is 0. The lowest BCUT2D eigenvalue weighted by atomic mass is 10.0. The molecule has 0 amide bonds. The first-order valence-corrected chi connectivity index (χ1v) is 11.7. The smallest absolute Gasteiger partial charge is 0.241 e. The SMILES string of the molecule is Cc1cccc(N2CCN(Cc3nc(-c4ccc(N5CCC[C@@H](C)C5)nc4)no3)CC2)c1. The molecule has 2 aliphatic rings. The molecule has 5 rings (SSSR count). The van der Waals surface area contributed by atoms with Gasteiger partial charge in [0.1, 0.15) is 5.82 Å². The van der Waals surface area contributed by atoms with E-state index in [1.807, 2.05) is 6.20 Å². The Hall–Kier alpha value is -2.93. The van der Waals surface area contributed by atoms with Crippen molar-refractivity contribution >= 4 is 11.5 Å². The zero-order valence-electron chi connectivity index (χ0n) is 19.1. The average molecular weight is 433 g/mol. The molecule has 0 saturated carbocycles. The van der Waals surface area contributed by atoms with Crippen LogP contribution in [0.1, 0.15) is 31.2 Å². The van der Waals surface area contributed by atoms with Crippen LogP contribution < -0.4 is 9.80 Å². The highest BCUT2D eigenvalue weighted by Crippen LogP contribution is 2.24. The van der Waals surface area contributed by atoms with Gasteiger partial charge < -0.3 is 14.3 Å². The molecule has 0 unspecified atom stereocenters. The Balaban J connectivity index is 1.17.